The molecule has 81 heavy (non-hydrogen) atoms. The van der Waals surface area contributed by atoms with Crippen LogP contribution in [0.5, 0.6) is 0 Å². The summed E-state index contributed by atoms with van der Waals surface area (Å²) in [6.07, 6.45) is 6.32. The van der Waals surface area contributed by atoms with Gasteiger partial charge in [-0.2, -0.15) is 0 Å². The van der Waals surface area contributed by atoms with Gasteiger partial charge in [0.25, 0.3) is 11.8 Å². The van der Waals surface area contributed by atoms with E-state index in [4.69, 9.17) is 19.2 Å². The molecule has 6 amide bonds. The van der Waals surface area contributed by atoms with E-state index in [9.17, 15) is 56.7 Å². The molecule has 0 bridgehead atoms. The fourth-order valence-electron chi connectivity index (χ4n) is 10.8. The highest BCUT2D eigenvalue weighted by Crippen LogP contribution is 2.49. The van der Waals surface area contributed by atoms with Crippen LogP contribution in [0, 0.1) is 24.6 Å². The van der Waals surface area contributed by atoms with Crippen molar-refractivity contribution in [3.63, 3.8) is 0 Å². The number of hydrogen-bond donors (Lipinski definition) is 4. The summed E-state index contributed by atoms with van der Waals surface area (Å²) in [7, 11) is -3.67. The number of benzene rings is 2. The predicted octanol–water partition coefficient (Wildman–Crippen LogP) is 4.29. The number of aromatic nitrogens is 1. The van der Waals surface area contributed by atoms with E-state index in [1.165, 1.54) is 18.2 Å². The second-order valence-corrected chi connectivity index (χ2v) is 23.7. The maximum atomic E-state index is 15.5. The molecule has 2 aromatic carbocycles. The molecule has 8 rings (SSSR count). The van der Waals surface area contributed by atoms with Crippen molar-refractivity contribution < 1.29 is 75.3 Å². The van der Waals surface area contributed by atoms with Crippen LogP contribution in [0.2, 0.25) is 0 Å². The summed E-state index contributed by atoms with van der Waals surface area (Å²) in [6, 6.07) is 6.21. The molecule has 1 aromatic heterocycles. The van der Waals surface area contributed by atoms with Crippen molar-refractivity contribution >= 4 is 85.5 Å². The number of ether oxygens (including phenoxy) is 3. The number of cyclic esters (lactones) is 2. The molecule has 22 nitrogen and oxygen atoms in total. The Kier molecular flexibility index (Phi) is 18.0. The average molecular weight is 1140 g/mol. The number of imide groups is 1. The second-order valence-electron chi connectivity index (χ2n) is 21.4. The molecule has 3 aromatic rings. The maximum absolute atomic E-state index is 15.5. The SMILES string of the molecule is CC[C@]1(OCN(CCS(C)(=O)=O)C(=O)OCc2ccc(NC(=O)[C@H](C)CC(=O)[C@@H](NC(=O)CCCCCN3C(=O)C=CC3=O)C(C)C)cc2)C(=O)OC(=O)C2=C1C=C1c3nc4cc(F)c(C)c5c4c(c3CN1C2)[C@H](NC(=O)CO)CC5. The predicted molar refractivity (Wildman–Crippen MR) is 290 cm³/mol. The zero-order valence-electron chi connectivity index (χ0n) is 46.0. The average Bonchev–Trinajstić information content (AvgIpc) is 2.37. The largest absolute Gasteiger partial charge is 0.444 e. The number of halogens is 1. The molecule has 5 heterocycles. The van der Waals surface area contributed by atoms with Gasteiger partial charge in [-0.1, -0.05) is 46.2 Å². The molecule has 0 unspecified atom stereocenters. The van der Waals surface area contributed by atoms with Crippen LogP contribution in [0.15, 0.2) is 59.7 Å². The summed E-state index contributed by atoms with van der Waals surface area (Å²) < 4.78 is 57.6. The number of carbonyl (C=O) groups is 9. The van der Waals surface area contributed by atoms with E-state index in [1.54, 1.807) is 65.0 Å². The minimum Gasteiger partial charge on any atom is -0.444 e. The quantitative estimate of drug-likeness (QED) is 0.0320. The summed E-state index contributed by atoms with van der Waals surface area (Å²) >= 11 is 0. The number of aryl methyl sites for hydroxylation is 1. The van der Waals surface area contributed by atoms with Crippen LogP contribution in [0.1, 0.15) is 112 Å². The normalized spacial score (nSPS) is 19.0. The first-order valence-electron chi connectivity index (χ1n) is 26.9. The molecule has 0 fully saturated rings. The number of ketones is 1. The number of hydrogen-bond acceptors (Lipinski definition) is 17. The molecule has 432 valence electrons. The van der Waals surface area contributed by atoms with Crippen LogP contribution in [0.25, 0.3) is 16.6 Å². The number of aliphatic hydroxyl groups is 1. The van der Waals surface area contributed by atoms with Gasteiger partial charge >= 0.3 is 18.0 Å². The van der Waals surface area contributed by atoms with Crippen molar-refractivity contribution in [1.82, 2.24) is 30.3 Å². The van der Waals surface area contributed by atoms with E-state index in [0.717, 1.165) is 21.6 Å². The van der Waals surface area contributed by atoms with Gasteiger partial charge in [0.1, 0.15) is 35.6 Å². The number of anilines is 1. The molecule has 0 radical (unpaired) electrons. The number of unbranched alkanes of at least 4 members (excludes halogenated alkanes) is 2. The van der Waals surface area contributed by atoms with E-state index in [1.807, 2.05) is 4.90 Å². The van der Waals surface area contributed by atoms with Crippen molar-refractivity contribution in [3.8, 4) is 0 Å². The number of esters is 2. The Labute approximate surface area is 467 Å². The number of fused-ring (bicyclic) bond motifs is 4. The molecule has 0 saturated carbocycles. The number of pyridine rings is 1. The van der Waals surface area contributed by atoms with Crippen LogP contribution in [0.4, 0.5) is 14.9 Å². The van der Waals surface area contributed by atoms with Gasteiger partial charge in [-0.15, -0.1) is 0 Å². The van der Waals surface area contributed by atoms with E-state index in [0.29, 0.717) is 82.3 Å². The molecular weight excluding hydrogens is 1070 g/mol. The van der Waals surface area contributed by atoms with Gasteiger partial charge in [-0.05, 0) is 85.4 Å². The maximum Gasteiger partial charge on any atom is 0.411 e. The lowest BCUT2D eigenvalue weighted by molar-refractivity contribution is -0.180. The summed E-state index contributed by atoms with van der Waals surface area (Å²) in [5, 5.41) is 18.8. The van der Waals surface area contributed by atoms with Gasteiger partial charge in [0.2, 0.25) is 17.7 Å². The van der Waals surface area contributed by atoms with Gasteiger partial charge in [-0.3, -0.25) is 38.6 Å². The lowest BCUT2D eigenvalue weighted by Gasteiger charge is -2.40. The molecule has 4 aliphatic heterocycles. The van der Waals surface area contributed by atoms with E-state index in [2.05, 4.69) is 16.0 Å². The second kappa shape index (κ2) is 24.6. The van der Waals surface area contributed by atoms with Gasteiger partial charge in [0.05, 0.1) is 46.9 Å². The zero-order chi connectivity index (χ0) is 58.7. The summed E-state index contributed by atoms with van der Waals surface area (Å²) in [5.74, 6) is -6.45. The number of nitrogens with zero attached hydrogens (tertiary/aromatic N) is 4. The molecule has 24 heteroatoms. The van der Waals surface area contributed by atoms with Gasteiger partial charge in [-0.25, -0.2) is 32.2 Å². The fraction of sp³-hybridized carbons (Fsp3) is 0.474. The van der Waals surface area contributed by atoms with Crippen LogP contribution in [-0.2, 0) is 82.0 Å². The van der Waals surface area contributed by atoms with Crippen molar-refractivity contribution in [2.75, 3.05) is 50.3 Å². The van der Waals surface area contributed by atoms with Gasteiger partial charge in [0, 0.05) is 85.1 Å². The first-order chi connectivity index (χ1) is 38.4. The van der Waals surface area contributed by atoms with Gasteiger partial charge < -0.3 is 40.2 Å². The Morgan fingerprint density at radius 3 is 2.37 bits per heavy atom. The topological polar surface area (TPSA) is 294 Å². The van der Waals surface area contributed by atoms with E-state index < -0.39 is 94.7 Å². The summed E-state index contributed by atoms with van der Waals surface area (Å²) in [6.45, 7) is 6.67. The standard InChI is InChI=1S/C57H66FN7O15S/c1-7-57(39-24-43-52-38(27-64(43)26-37(39)54(73)80-55(57)74)50-41(60-46(69)28-66)17-16-36-33(5)40(58)25-42(61-52)49(36)50)79-30-63(21-22-81(6,76)77)56(75)78-29-34-12-14-35(15-13-34)59-53(72)32(4)23-44(67)51(31(2)3)62-45(68)11-9-8-10-20-65-47(70)18-19-48(65)71/h12-15,18-19,24-25,31-32,41,51,66H,7-11,16-17,20-23,26-30H2,1-6H3,(H,59,72)(H,60,69)(H,62,68)/t32-,41-,51+,57-/m1/s1. The summed E-state index contributed by atoms with van der Waals surface area (Å²) in [5.41, 5.74) is 2.88. The molecule has 0 spiro atoms. The van der Waals surface area contributed by atoms with Crippen LogP contribution in [0.3, 0.4) is 0 Å². The smallest absolute Gasteiger partial charge is 0.411 e. The Hall–Kier alpha value is -7.70. The minimum absolute atomic E-state index is 0.0709. The molecule has 0 saturated heterocycles. The minimum atomic E-state index is -3.67. The number of nitrogens with one attached hydrogen (secondary N) is 3. The highest BCUT2D eigenvalue weighted by Gasteiger charge is 2.53. The third-order valence-electron chi connectivity index (χ3n) is 15.3. The van der Waals surface area contributed by atoms with Crippen LogP contribution >= 0.6 is 0 Å². The van der Waals surface area contributed by atoms with Crippen LogP contribution in [-0.4, -0.2) is 143 Å². The molecular formula is C57H66FN7O15S. The number of carbonyl (C=O) groups excluding carboxylic acids is 9. The van der Waals surface area contributed by atoms with E-state index >= 15 is 4.39 Å². The monoisotopic (exact) mass is 1140 g/mol. The van der Waals surface area contributed by atoms with Crippen molar-refractivity contribution in [3.05, 3.63) is 99.0 Å². The molecule has 4 atom stereocenters. The number of amides is 6. The third kappa shape index (κ3) is 12.9. The van der Waals surface area contributed by atoms with E-state index in [-0.39, 0.29) is 86.1 Å². The van der Waals surface area contributed by atoms with Crippen molar-refractivity contribution in [2.24, 2.45) is 11.8 Å². The number of rotatable bonds is 24. The highest BCUT2D eigenvalue weighted by atomic mass is 32.2. The Morgan fingerprint density at radius 1 is 0.988 bits per heavy atom. The first kappa shape index (κ1) is 59.4. The zero-order valence-corrected chi connectivity index (χ0v) is 46.8. The van der Waals surface area contributed by atoms with Gasteiger partial charge in [0.15, 0.2) is 11.4 Å². The molecule has 5 aliphatic rings. The Morgan fingerprint density at radius 2 is 1.70 bits per heavy atom. The molecule has 4 N–H and O–H groups in total. The Bertz CT molecular complexity index is 3300. The number of aliphatic hydroxyl groups excluding tert-OH is 1. The fourth-order valence-corrected chi connectivity index (χ4v) is 11.4. The lowest BCUT2D eigenvalue weighted by atomic mass is 9.81. The van der Waals surface area contributed by atoms with Crippen molar-refractivity contribution in [1.29, 1.82) is 0 Å². The molecule has 1 aliphatic carbocycles. The van der Waals surface area contributed by atoms with Crippen molar-refractivity contribution in [2.45, 2.75) is 117 Å². The lowest BCUT2D eigenvalue weighted by Crippen LogP contribution is -2.53. The number of Topliss-reactive ketones (excluding diaryl/α,β-unsaturated/α-hetero) is 1. The summed E-state index contributed by atoms with van der Waals surface area (Å²) in [4.78, 5) is 126. The highest BCUT2D eigenvalue weighted by molar-refractivity contribution is 7.90. The Balaban J connectivity index is 0.905. The van der Waals surface area contributed by atoms with Crippen LogP contribution < -0.4 is 16.0 Å². The third-order valence-corrected chi connectivity index (χ3v) is 16.3. The number of sulfone groups is 1. The first-order valence-corrected chi connectivity index (χ1v) is 29.0.